The van der Waals surface area contributed by atoms with Crippen molar-refractivity contribution in [1.29, 1.82) is 0 Å². The first-order valence-corrected chi connectivity index (χ1v) is 8.24. The summed E-state index contributed by atoms with van der Waals surface area (Å²) in [5, 5.41) is 13.2. The van der Waals surface area contributed by atoms with Crippen molar-refractivity contribution in [1.82, 2.24) is 0 Å². The van der Waals surface area contributed by atoms with Crippen LogP contribution in [0, 0.1) is 16.0 Å². The Morgan fingerprint density at radius 1 is 1.25 bits per heavy atom. The molecule has 24 heavy (non-hydrogen) atoms. The number of amides is 1. The van der Waals surface area contributed by atoms with Crippen LogP contribution in [0.2, 0.25) is 0 Å². The molecule has 0 atom stereocenters. The highest BCUT2D eigenvalue weighted by Crippen LogP contribution is 2.27. The van der Waals surface area contributed by atoms with E-state index in [1.807, 2.05) is 0 Å². The van der Waals surface area contributed by atoms with Crippen molar-refractivity contribution >= 4 is 23.3 Å². The number of ether oxygens (including phenoxy) is 1. The summed E-state index contributed by atoms with van der Waals surface area (Å²) in [6, 6.07) is 5.60. The standard InChI is InChI=1S/C17H22N2O5/c20-16(18-14-7-4-8-15(11-14)19(22)23)12-24-17(21)10-9-13-5-2-1-3-6-13/h4,7-8,11,13H,1-3,5-6,9-10,12H2,(H,18,20). The van der Waals surface area contributed by atoms with Crippen LogP contribution >= 0.6 is 0 Å². The highest BCUT2D eigenvalue weighted by molar-refractivity contribution is 5.93. The average molecular weight is 334 g/mol. The van der Waals surface area contributed by atoms with Crippen LogP contribution in [-0.4, -0.2) is 23.4 Å². The van der Waals surface area contributed by atoms with Gasteiger partial charge in [0, 0.05) is 24.2 Å². The van der Waals surface area contributed by atoms with Gasteiger partial charge in [0.15, 0.2) is 6.61 Å². The number of non-ortho nitro benzene ring substituents is 1. The van der Waals surface area contributed by atoms with Gasteiger partial charge < -0.3 is 10.1 Å². The van der Waals surface area contributed by atoms with Gasteiger partial charge in [-0.15, -0.1) is 0 Å². The Kier molecular flexibility index (Phi) is 6.72. The van der Waals surface area contributed by atoms with Crippen LogP contribution in [-0.2, 0) is 14.3 Å². The Hall–Kier alpha value is -2.44. The van der Waals surface area contributed by atoms with Crippen molar-refractivity contribution in [3.63, 3.8) is 0 Å². The van der Waals surface area contributed by atoms with Gasteiger partial charge in [0.25, 0.3) is 11.6 Å². The summed E-state index contributed by atoms with van der Waals surface area (Å²) in [5.74, 6) is -0.304. The molecule has 1 fully saturated rings. The van der Waals surface area contributed by atoms with E-state index < -0.39 is 10.8 Å². The second kappa shape index (κ2) is 9.00. The fourth-order valence-corrected chi connectivity index (χ4v) is 2.91. The Morgan fingerprint density at radius 3 is 2.71 bits per heavy atom. The van der Waals surface area contributed by atoms with E-state index in [4.69, 9.17) is 4.74 Å². The number of hydrogen-bond acceptors (Lipinski definition) is 5. The molecule has 0 spiro atoms. The lowest BCUT2D eigenvalue weighted by atomic mass is 9.86. The van der Waals surface area contributed by atoms with E-state index in [1.54, 1.807) is 0 Å². The number of carbonyl (C=O) groups is 2. The summed E-state index contributed by atoms with van der Waals surface area (Å²) < 4.78 is 4.96. The number of nitro benzene ring substituents is 1. The number of nitrogens with zero attached hydrogens (tertiary/aromatic N) is 1. The summed E-state index contributed by atoms with van der Waals surface area (Å²) in [5.41, 5.74) is 0.185. The molecule has 0 heterocycles. The fourth-order valence-electron chi connectivity index (χ4n) is 2.91. The Labute approximate surface area is 140 Å². The fraction of sp³-hybridized carbons (Fsp3) is 0.529. The van der Waals surface area contributed by atoms with Crippen molar-refractivity contribution in [3.05, 3.63) is 34.4 Å². The molecule has 1 saturated carbocycles. The first kappa shape index (κ1) is 17.9. The van der Waals surface area contributed by atoms with Gasteiger partial charge >= 0.3 is 5.97 Å². The lowest BCUT2D eigenvalue weighted by molar-refractivity contribution is -0.384. The third-order valence-electron chi connectivity index (χ3n) is 4.19. The molecule has 0 unspecified atom stereocenters. The molecule has 0 aromatic heterocycles. The van der Waals surface area contributed by atoms with Gasteiger partial charge in [0.1, 0.15) is 0 Å². The maximum atomic E-state index is 11.7. The molecule has 1 N–H and O–H groups in total. The Balaban J connectivity index is 1.69. The largest absolute Gasteiger partial charge is 0.456 e. The van der Waals surface area contributed by atoms with Gasteiger partial charge in [-0.1, -0.05) is 38.2 Å². The summed E-state index contributed by atoms with van der Waals surface area (Å²) >= 11 is 0. The zero-order chi connectivity index (χ0) is 17.4. The highest BCUT2D eigenvalue weighted by Gasteiger charge is 2.16. The Morgan fingerprint density at radius 2 is 2.00 bits per heavy atom. The second-order valence-corrected chi connectivity index (χ2v) is 6.06. The molecular formula is C17H22N2O5. The molecule has 7 nitrogen and oxygen atoms in total. The first-order chi connectivity index (χ1) is 11.5. The zero-order valence-corrected chi connectivity index (χ0v) is 13.5. The number of benzene rings is 1. The number of rotatable bonds is 7. The molecule has 2 rings (SSSR count). The molecular weight excluding hydrogens is 312 g/mol. The minimum absolute atomic E-state index is 0.114. The maximum absolute atomic E-state index is 11.7. The van der Waals surface area contributed by atoms with Crippen molar-refractivity contribution in [3.8, 4) is 0 Å². The van der Waals surface area contributed by atoms with Crippen molar-refractivity contribution in [2.45, 2.75) is 44.9 Å². The molecule has 1 aliphatic rings. The lowest BCUT2D eigenvalue weighted by Crippen LogP contribution is -2.21. The van der Waals surface area contributed by atoms with Crippen LogP contribution in [0.5, 0.6) is 0 Å². The van der Waals surface area contributed by atoms with E-state index in [-0.39, 0.29) is 18.3 Å². The number of carbonyl (C=O) groups excluding carboxylic acids is 2. The predicted octanol–water partition coefficient (Wildman–Crippen LogP) is 3.44. The first-order valence-electron chi connectivity index (χ1n) is 8.24. The van der Waals surface area contributed by atoms with Crippen molar-refractivity contribution in [2.75, 3.05) is 11.9 Å². The van der Waals surface area contributed by atoms with Gasteiger partial charge in [-0.2, -0.15) is 0 Å². The van der Waals surface area contributed by atoms with Crippen LogP contribution < -0.4 is 5.32 Å². The molecule has 0 saturated heterocycles. The van der Waals surface area contributed by atoms with Gasteiger partial charge in [0.2, 0.25) is 0 Å². The predicted molar refractivity (Wildman–Crippen MR) is 88.5 cm³/mol. The third-order valence-corrected chi connectivity index (χ3v) is 4.19. The molecule has 0 aliphatic heterocycles. The van der Waals surface area contributed by atoms with Crippen LogP contribution in [0.25, 0.3) is 0 Å². The third kappa shape index (κ3) is 5.98. The summed E-state index contributed by atoms with van der Waals surface area (Å²) in [6.45, 7) is -0.383. The molecule has 1 aromatic rings. The minimum Gasteiger partial charge on any atom is -0.456 e. The van der Waals surface area contributed by atoms with E-state index in [0.717, 1.165) is 6.42 Å². The maximum Gasteiger partial charge on any atom is 0.306 e. The SMILES string of the molecule is O=C(COC(=O)CCC1CCCCC1)Nc1cccc([N+](=O)[O-])c1. The molecule has 0 radical (unpaired) electrons. The Bertz CT molecular complexity index is 596. The van der Waals surface area contributed by atoms with Gasteiger partial charge in [0.05, 0.1) is 4.92 Å². The quantitative estimate of drug-likeness (QED) is 0.468. The van der Waals surface area contributed by atoms with Crippen LogP contribution in [0.4, 0.5) is 11.4 Å². The second-order valence-electron chi connectivity index (χ2n) is 6.06. The lowest BCUT2D eigenvalue weighted by Gasteiger charge is -2.20. The number of nitro groups is 1. The molecule has 1 aromatic carbocycles. The van der Waals surface area contributed by atoms with Crippen LogP contribution in [0.15, 0.2) is 24.3 Å². The topological polar surface area (TPSA) is 98.5 Å². The van der Waals surface area contributed by atoms with Crippen LogP contribution in [0.3, 0.4) is 0 Å². The normalized spacial score (nSPS) is 14.8. The van der Waals surface area contributed by atoms with E-state index in [2.05, 4.69) is 5.32 Å². The van der Waals surface area contributed by atoms with E-state index in [1.165, 1.54) is 56.4 Å². The number of nitrogens with one attached hydrogen (secondary N) is 1. The highest BCUT2D eigenvalue weighted by atomic mass is 16.6. The molecule has 130 valence electrons. The average Bonchev–Trinajstić information content (AvgIpc) is 2.59. The number of anilines is 1. The molecule has 1 aliphatic carbocycles. The zero-order valence-electron chi connectivity index (χ0n) is 13.5. The van der Waals surface area contributed by atoms with Gasteiger partial charge in [-0.25, -0.2) is 0 Å². The van der Waals surface area contributed by atoms with E-state index >= 15 is 0 Å². The summed E-state index contributed by atoms with van der Waals surface area (Å²) in [6.07, 6.45) is 7.20. The minimum atomic E-state index is -0.541. The molecule has 1 amide bonds. The molecule has 7 heteroatoms. The van der Waals surface area contributed by atoms with Crippen molar-refractivity contribution < 1.29 is 19.2 Å². The van der Waals surface area contributed by atoms with Gasteiger partial charge in [-0.3, -0.25) is 19.7 Å². The number of esters is 1. The molecule has 0 bridgehead atoms. The smallest absolute Gasteiger partial charge is 0.306 e. The van der Waals surface area contributed by atoms with E-state index in [0.29, 0.717) is 18.0 Å². The van der Waals surface area contributed by atoms with E-state index in [9.17, 15) is 19.7 Å². The number of hydrogen-bond donors (Lipinski definition) is 1. The monoisotopic (exact) mass is 334 g/mol. The van der Waals surface area contributed by atoms with Gasteiger partial charge in [-0.05, 0) is 18.4 Å². The van der Waals surface area contributed by atoms with Crippen LogP contribution in [0.1, 0.15) is 44.9 Å². The summed E-state index contributed by atoms with van der Waals surface area (Å²) in [4.78, 5) is 33.6. The van der Waals surface area contributed by atoms with Crippen molar-refractivity contribution in [2.24, 2.45) is 5.92 Å². The summed E-state index contributed by atoms with van der Waals surface area (Å²) in [7, 11) is 0.